The van der Waals surface area contributed by atoms with Gasteiger partial charge in [-0.15, -0.1) is 0 Å². The zero-order valence-corrected chi connectivity index (χ0v) is 14.0. The van der Waals surface area contributed by atoms with Gasteiger partial charge in [0.1, 0.15) is 4.90 Å². The van der Waals surface area contributed by atoms with E-state index in [1.54, 1.807) is 26.2 Å². The van der Waals surface area contributed by atoms with Crippen molar-refractivity contribution < 1.29 is 8.42 Å². The van der Waals surface area contributed by atoms with Gasteiger partial charge in [0.25, 0.3) is 0 Å². The van der Waals surface area contributed by atoms with Crippen molar-refractivity contribution in [2.24, 2.45) is 11.8 Å². The summed E-state index contributed by atoms with van der Waals surface area (Å²) in [5, 5.41) is 3.35. The van der Waals surface area contributed by atoms with E-state index >= 15 is 0 Å². The van der Waals surface area contributed by atoms with Crippen LogP contribution in [0.2, 0.25) is 0 Å². The van der Waals surface area contributed by atoms with E-state index in [2.05, 4.69) is 12.2 Å². The van der Waals surface area contributed by atoms with Crippen molar-refractivity contribution in [2.75, 3.05) is 26.0 Å². The summed E-state index contributed by atoms with van der Waals surface area (Å²) >= 11 is 0. The largest absolute Gasteiger partial charge is 0.384 e. The summed E-state index contributed by atoms with van der Waals surface area (Å²) in [7, 11) is -0.270. The van der Waals surface area contributed by atoms with Gasteiger partial charge < -0.3 is 5.32 Å². The lowest BCUT2D eigenvalue weighted by Crippen LogP contribution is -2.25. The fourth-order valence-corrected chi connectivity index (χ4v) is 3.88. The monoisotopic (exact) mass is 310 g/mol. The van der Waals surface area contributed by atoms with Crippen LogP contribution in [0.3, 0.4) is 0 Å². The Morgan fingerprint density at radius 3 is 2.38 bits per heavy atom. The van der Waals surface area contributed by atoms with Crippen molar-refractivity contribution in [1.29, 1.82) is 0 Å². The Bertz CT molecular complexity index is 561. The molecule has 0 bridgehead atoms. The molecule has 4 nitrogen and oxygen atoms in total. The summed E-state index contributed by atoms with van der Waals surface area (Å²) in [5.74, 6) is 1.49. The van der Waals surface area contributed by atoms with Crippen LogP contribution >= 0.6 is 0 Å². The first-order chi connectivity index (χ1) is 9.91. The van der Waals surface area contributed by atoms with Crippen LogP contribution in [0.5, 0.6) is 0 Å². The van der Waals surface area contributed by atoms with E-state index < -0.39 is 10.0 Å². The molecule has 1 aromatic rings. The fourth-order valence-electron chi connectivity index (χ4n) is 2.82. The van der Waals surface area contributed by atoms with Crippen molar-refractivity contribution in [2.45, 2.75) is 37.5 Å². The number of nitrogens with zero attached hydrogens (tertiary/aromatic N) is 1. The summed E-state index contributed by atoms with van der Waals surface area (Å²) in [6.45, 7) is 3.16. The molecule has 0 radical (unpaired) electrons. The smallest absolute Gasteiger partial charge is 0.244 e. The molecule has 1 aliphatic carbocycles. The van der Waals surface area contributed by atoms with Crippen molar-refractivity contribution in [3.05, 3.63) is 24.3 Å². The summed E-state index contributed by atoms with van der Waals surface area (Å²) in [6.07, 6.45) is 5.03. The highest BCUT2D eigenvalue weighted by Crippen LogP contribution is 2.29. The molecule has 1 N–H and O–H groups in total. The van der Waals surface area contributed by atoms with Gasteiger partial charge in [0, 0.05) is 20.6 Å². The number of hydrogen-bond donors (Lipinski definition) is 1. The molecular formula is C16H26N2O2S. The summed E-state index contributed by atoms with van der Waals surface area (Å²) in [5.41, 5.74) is 0.713. The SMILES string of the molecule is CC1CCC(CNc2ccccc2S(=O)(=O)N(C)C)CC1. The van der Waals surface area contributed by atoms with E-state index in [-0.39, 0.29) is 0 Å². The highest BCUT2D eigenvalue weighted by atomic mass is 32.2. The minimum Gasteiger partial charge on any atom is -0.384 e. The van der Waals surface area contributed by atoms with Gasteiger partial charge in [-0.05, 0) is 36.8 Å². The number of para-hydroxylation sites is 1. The van der Waals surface area contributed by atoms with Gasteiger partial charge in [-0.3, -0.25) is 0 Å². The minimum atomic E-state index is -3.40. The minimum absolute atomic E-state index is 0.360. The Morgan fingerprint density at radius 1 is 1.14 bits per heavy atom. The number of hydrogen-bond acceptors (Lipinski definition) is 3. The van der Waals surface area contributed by atoms with Gasteiger partial charge in [0.15, 0.2) is 0 Å². The zero-order valence-electron chi connectivity index (χ0n) is 13.2. The third-order valence-corrected chi connectivity index (χ3v) is 6.24. The van der Waals surface area contributed by atoms with E-state index in [4.69, 9.17) is 0 Å². The molecule has 0 atom stereocenters. The van der Waals surface area contributed by atoms with Crippen LogP contribution in [0.1, 0.15) is 32.6 Å². The third-order valence-electron chi connectivity index (χ3n) is 4.36. The predicted octanol–water partition coefficient (Wildman–Crippen LogP) is 3.18. The van der Waals surface area contributed by atoms with Crippen LogP contribution in [-0.2, 0) is 10.0 Å². The summed E-state index contributed by atoms with van der Waals surface area (Å²) in [4.78, 5) is 0.360. The molecule has 0 amide bonds. The van der Waals surface area contributed by atoms with Crippen molar-refractivity contribution in [3.8, 4) is 0 Å². The number of sulfonamides is 1. The molecule has 21 heavy (non-hydrogen) atoms. The van der Waals surface area contributed by atoms with E-state index in [9.17, 15) is 8.42 Å². The molecule has 2 rings (SSSR count). The van der Waals surface area contributed by atoms with E-state index in [1.807, 2.05) is 12.1 Å². The second-order valence-electron chi connectivity index (χ2n) is 6.29. The topological polar surface area (TPSA) is 49.4 Å². The maximum Gasteiger partial charge on any atom is 0.244 e. The molecule has 0 saturated heterocycles. The molecule has 0 heterocycles. The molecule has 0 aromatic heterocycles. The van der Waals surface area contributed by atoms with Crippen LogP contribution in [0.15, 0.2) is 29.2 Å². The average Bonchev–Trinajstić information content (AvgIpc) is 2.47. The van der Waals surface area contributed by atoms with Crippen LogP contribution in [0, 0.1) is 11.8 Å². The number of nitrogens with one attached hydrogen (secondary N) is 1. The Balaban J connectivity index is 2.07. The maximum atomic E-state index is 12.3. The van der Waals surface area contributed by atoms with Gasteiger partial charge in [-0.25, -0.2) is 12.7 Å². The Hall–Kier alpha value is -1.07. The van der Waals surface area contributed by atoms with E-state index in [0.29, 0.717) is 16.5 Å². The lowest BCUT2D eigenvalue weighted by molar-refractivity contribution is 0.300. The molecular weight excluding hydrogens is 284 g/mol. The quantitative estimate of drug-likeness (QED) is 0.909. The third kappa shape index (κ3) is 3.98. The normalized spacial score (nSPS) is 23.2. The number of rotatable bonds is 5. The van der Waals surface area contributed by atoms with Gasteiger partial charge in [-0.1, -0.05) is 31.9 Å². The lowest BCUT2D eigenvalue weighted by Gasteiger charge is -2.27. The van der Waals surface area contributed by atoms with Crippen molar-refractivity contribution in [1.82, 2.24) is 4.31 Å². The number of benzene rings is 1. The average molecular weight is 310 g/mol. The Labute approximate surface area is 128 Å². The molecule has 0 spiro atoms. The standard InChI is InChI=1S/C16H26N2O2S/c1-13-8-10-14(11-9-13)12-17-15-6-4-5-7-16(15)21(19,20)18(2)3/h4-7,13-14,17H,8-12H2,1-3H3. The molecule has 0 unspecified atom stereocenters. The summed E-state index contributed by atoms with van der Waals surface area (Å²) < 4.78 is 25.9. The van der Waals surface area contributed by atoms with Crippen molar-refractivity contribution in [3.63, 3.8) is 0 Å². The first kappa shape index (κ1) is 16.3. The number of anilines is 1. The maximum absolute atomic E-state index is 12.3. The van der Waals surface area contributed by atoms with Crippen LogP contribution in [0.25, 0.3) is 0 Å². The molecule has 0 aliphatic heterocycles. The van der Waals surface area contributed by atoms with Crippen LogP contribution < -0.4 is 5.32 Å². The molecule has 1 fully saturated rings. The van der Waals surface area contributed by atoms with Gasteiger partial charge in [0.2, 0.25) is 10.0 Å². The van der Waals surface area contributed by atoms with Gasteiger partial charge in [0.05, 0.1) is 5.69 Å². The first-order valence-corrected chi connectivity index (χ1v) is 9.10. The highest BCUT2D eigenvalue weighted by molar-refractivity contribution is 7.89. The molecule has 1 saturated carbocycles. The highest BCUT2D eigenvalue weighted by Gasteiger charge is 2.22. The Kier molecular flexibility index (Phi) is 5.27. The van der Waals surface area contributed by atoms with E-state index in [0.717, 1.165) is 12.5 Å². The second-order valence-corrected chi connectivity index (χ2v) is 8.41. The van der Waals surface area contributed by atoms with Crippen molar-refractivity contribution >= 4 is 15.7 Å². The van der Waals surface area contributed by atoms with Crippen LogP contribution in [0.4, 0.5) is 5.69 Å². The zero-order chi connectivity index (χ0) is 15.5. The molecule has 5 heteroatoms. The van der Waals surface area contributed by atoms with Gasteiger partial charge >= 0.3 is 0 Å². The second kappa shape index (κ2) is 6.79. The van der Waals surface area contributed by atoms with Crippen LogP contribution in [-0.4, -0.2) is 33.4 Å². The van der Waals surface area contributed by atoms with Gasteiger partial charge in [-0.2, -0.15) is 0 Å². The first-order valence-electron chi connectivity index (χ1n) is 7.66. The molecule has 118 valence electrons. The molecule has 1 aliphatic rings. The predicted molar refractivity (Wildman–Crippen MR) is 86.9 cm³/mol. The Morgan fingerprint density at radius 2 is 1.76 bits per heavy atom. The molecule has 1 aromatic carbocycles. The van der Waals surface area contributed by atoms with E-state index in [1.165, 1.54) is 30.0 Å². The summed E-state index contributed by atoms with van der Waals surface area (Å²) in [6, 6.07) is 7.16. The fraction of sp³-hybridized carbons (Fsp3) is 0.625. The lowest BCUT2D eigenvalue weighted by atomic mass is 9.83.